The first-order chi connectivity index (χ1) is 16.5. The van der Waals surface area contributed by atoms with Gasteiger partial charge in [-0.15, -0.1) is 0 Å². The molecule has 5 N–H and O–H groups in total. The summed E-state index contributed by atoms with van der Waals surface area (Å²) in [6.07, 6.45) is 2.77. The van der Waals surface area contributed by atoms with Crippen molar-refractivity contribution in [2.75, 3.05) is 30.4 Å². The molecule has 9 nitrogen and oxygen atoms in total. The highest BCUT2D eigenvalue weighted by Crippen LogP contribution is 2.29. The van der Waals surface area contributed by atoms with Crippen LogP contribution < -0.4 is 26.4 Å². The van der Waals surface area contributed by atoms with Gasteiger partial charge in [0.2, 0.25) is 5.91 Å². The van der Waals surface area contributed by atoms with Crippen molar-refractivity contribution < 1.29 is 14.3 Å². The lowest BCUT2D eigenvalue weighted by atomic mass is 10.0. The Labute approximate surface area is 198 Å². The maximum Gasteiger partial charge on any atom is 0.269 e. The van der Waals surface area contributed by atoms with E-state index in [1.54, 1.807) is 7.11 Å². The van der Waals surface area contributed by atoms with Crippen molar-refractivity contribution in [1.82, 2.24) is 9.78 Å². The molecule has 1 aromatic heterocycles. The van der Waals surface area contributed by atoms with E-state index in [4.69, 9.17) is 16.2 Å². The number of aromatic nitrogens is 2. The Kier molecular flexibility index (Phi) is 7.01. The summed E-state index contributed by atoms with van der Waals surface area (Å²) in [5, 5.41) is 7.93. The Bertz CT molecular complexity index is 1150. The van der Waals surface area contributed by atoms with E-state index in [9.17, 15) is 9.59 Å². The molecule has 1 aliphatic heterocycles. The largest absolute Gasteiger partial charge is 0.497 e. The number of ether oxygens (including phenoxy) is 1. The van der Waals surface area contributed by atoms with E-state index in [0.29, 0.717) is 25.1 Å². The summed E-state index contributed by atoms with van der Waals surface area (Å²) in [4.78, 5) is 25.1. The molecule has 2 heterocycles. The van der Waals surface area contributed by atoms with E-state index in [2.05, 4.69) is 39.6 Å². The van der Waals surface area contributed by atoms with E-state index >= 15 is 0 Å². The number of unbranched alkanes of at least 4 members (excludes halogenated alkanes) is 1. The summed E-state index contributed by atoms with van der Waals surface area (Å²) < 4.78 is 7.06. The highest BCUT2D eigenvalue weighted by atomic mass is 16.5. The van der Waals surface area contributed by atoms with Gasteiger partial charge in [-0.25, -0.2) is 4.68 Å². The number of amides is 2. The van der Waals surface area contributed by atoms with Crippen molar-refractivity contribution in [3.63, 3.8) is 0 Å². The lowest BCUT2D eigenvalue weighted by Crippen LogP contribution is -2.32. The van der Waals surface area contributed by atoms with Crippen LogP contribution in [-0.4, -0.2) is 41.8 Å². The van der Waals surface area contributed by atoms with Gasteiger partial charge in [0.15, 0.2) is 5.69 Å². The third-order valence-electron chi connectivity index (χ3n) is 6.02. The summed E-state index contributed by atoms with van der Waals surface area (Å²) in [7, 11) is 1.62. The molecular formula is C25H30N6O3. The van der Waals surface area contributed by atoms with E-state index in [0.717, 1.165) is 60.0 Å². The molecule has 0 atom stereocenters. The Morgan fingerprint density at radius 1 is 1.03 bits per heavy atom. The van der Waals surface area contributed by atoms with Gasteiger partial charge in [-0.05, 0) is 67.8 Å². The zero-order valence-electron chi connectivity index (χ0n) is 19.3. The molecule has 1 aliphatic rings. The first-order valence-electron chi connectivity index (χ1n) is 11.4. The maximum atomic E-state index is 12.1. The zero-order valence-corrected chi connectivity index (χ0v) is 19.3. The van der Waals surface area contributed by atoms with Crippen molar-refractivity contribution in [2.45, 2.75) is 32.2 Å². The smallest absolute Gasteiger partial charge is 0.269 e. The summed E-state index contributed by atoms with van der Waals surface area (Å²) in [5.74, 6) is -0.0170. The van der Waals surface area contributed by atoms with Gasteiger partial charge in [0, 0.05) is 36.4 Å². The molecule has 2 amide bonds. The summed E-state index contributed by atoms with van der Waals surface area (Å²) in [6.45, 7) is 2.17. The fourth-order valence-corrected chi connectivity index (χ4v) is 4.22. The fraction of sp³-hybridized carbons (Fsp3) is 0.320. The van der Waals surface area contributed by atoms with Crippen LogP contribution >= 0.6 is 0 Å². The van der Waals surface area contributed by atoms with Gasteiger partial charge in [-0.3, -0.25) is 9.59 Å². The first-order valence-corrected chi connectivity index (χ1v) is 11.4. The van der Waals surface area contributed by atoms with Gasteiger partial charge in [-0.2, -0.15) is 5.10 Å². The van der Waals surface area contributed by atoms with Crippen molar-refractivity contribution >= 4 is 23.2 Å². The minimum atomic E-state index is -0.511. The fourth-order valence-electron chi connectivity index (χ4n) is 4.22. The predicted molar refractivity (Wildman–Crippen MR) is 131 cm³/mol. The molecule has 0 fully saturated rings. The number of nitrogens with two attached hydrogens (primary N) is 2. The number of primary amides is 2. The molecule has 178 valence electrons. The number of nitrogens with one attached hydrogen (secondary N) is 1. The number of nitrogens with zero attached hydrogens (tertiary/aromatic N) is 3. The molecular weight excluding hydrogens is 432 g/mol. The average Bonchev–Trinajstić information content (AvgIpc) is 3.23. The van der Waals surface area contributed by atoms with Crippen LogP contribution in [0.5, 0.6) is 5.75 Å². The summed E-state index contributed by atoms with van der Waals surface area (Å²) >= 11 is 0. The second-order valence-electron chi connectivity index (χ2n) is 8.32. The van der Waals surface area contributed by atoms with Gasteiger partial charge < -0.3 is 26.4 Å². The molecule has 34 heavy (non-hydrogen) atoms. The third kappa shape index (κ3) is 5.14. The molecule has 9 heteroatoms. The van der Waals surface area contributed by atoms with Gasteiger partial charge in [-0.1, -0.05) is 0 Å². The number of rotatable bonds is 10. The molecule has 0 bridgehead atoms. The minimum absolute atomic E-state index is 0.259. The van der Waals surface area contributed by atoms with Crippen LogP contribution in [0.1, 0.15) is 41.0 Å². The van der Waals surface area contributed by atoms with Gasteiger partial charge >= 0.3 is 0 Å². The van der Waals surface area contributed by atoms with Crippen molar-refractivity contribution in [1.29, 1.82) is 0 Å². The Hall–Kier alpha value is -4.01. The highest BCUT2D eigenvalue weighted by Gasteiger charge is 2.28. The normalized spacial score (nSPS) is 12.8. The van der Waals surface area contributed by atoms with Crippen LogP contribution in [-0.2, 0) is 17.8 Å². The summed E-state index contributed by atoms with van der Waals surface area (Å²) in [6, 6.07) is 15.8. The molecule has 0 saturated heterocycles. The minimum Gasteiger partial charge on any atom is -0.497 e. The second kappa shape index (κ2) is 10.3. The SMILES string of the molecule is COc1ccc(-n2nc(C(N)=O)c3c2CN(c2ccc(NCCCCC(N)=O)cc2)CC3)cc1. The van der Waals surface area contributed by atoms with Gasteiger partial charge in [0.1, 0.15) is 5.75 Å². The number of hydrogen-bond donors (Lipinski definition) is 3. The van der Waals surface area contributed by atoms with Crippen LogP contribution in [0.15, 0.2) is 48.5 Å². The van der Waals surface area contributed by atoms with Crippen LogP contribution in [0.4, 0.5) is 11.4 Å². The first kappa shape index (κ1) is 23.2. The number of hydrogen-bond acceptors (Lipinski definition) is 6. The molecule has 2 aromatic carbocycles. The molecule has 0 saturated carbocycles. The molecule has 0 aliphatic carbocycles. The monoisotopic (exact) mass is 462 g/mol. The predicted octanol–water partition coefficient (Wildman–Crippen LogP) is 2.61. The molecule has 0 spiro atoms. The van der Waals surface area contributed by atoms with E-state index in [-0.39, 0.29) is 5.91 Å². The lowest BCUT2D eigenvalue weighted by molar-refractivity contribution is -0.118. The molecule has 4 rings (SSSR count). The average molecular weight is 463 g/mol. The number of benzene rings is 2. The van der Waals surface area contributed by atoms with Gasteiger partial charge in [0.05, 0.1) is 25.0 Å². The number of fused-ring (bicyclic) bond motifs is 1. The quantitative estimate of drug-likeness (QED) is 0.397. The number of carbonyl (C=O) groups excluding carboxylic acids is 2. The number of carbonyl (C=O) groups is 2. The van der Waals surface area contributed by atoms with E-state index in [1.165, 1.54) is 0 Å². The zero-order chi connectivity index (χ0) is 24.1. The standard InChI is InChI=1S/C25H30N6O3/c1-34-20-11-9-19(10-12-20)31-22-16-30(15-13-21(22)24(29-31)25(27)33)18-7-5-17(6-8-18)28-14-3-2-4-23(26)32/h5-12,28H,2-4,13-16H2,1H3,(H2,26,32)(H2,27,33). The third-order valence-corrected chi connectivity index (χ3v) is 6.02. The van der Waals surface area contributed by atoms with E-state index < -0.39 is 5.91 Å². The van der Waals surface area contributed by atoms with Crippen LogP contribution in [0.25, 0.3) is 5.69 Å². The Morgan fingerprint density at radius 2 is 1.74 bits per heavy atom. The maximum absolute atomic E-state index is 12.1. The van der Waals surface area contributed by atoms with Gasteiger partial charge in [0.25, 0.3) is 5.91 Å². The topological polar surface area (TPSA) is 128 Å². The summed E-state index contributed by atoms with van der Waals surface area (Å²) in [5.41, 5.74) is 16.0. The molecule has 0 unspecified atom stereocenters. The lowest BCUT2D eigenvalue weighted by Gasteiger charge is -2.30. The molecule has 3 aromatic rings. The van der Waals surface area contributed by atoms with E-state index in [1.807, 2.05) is 28.9 Å². The number of anilines is 2. The Balaban J connectivity index is 1.49. The second-order valence-corrected chi connectivity index (χ2v) is 8.32. The Morgan fingerprint density at radius 3 is 2.38 bits per heavy atom. The van der Waals surface area contributed by atoms with Crippen molar-refractivity contribution in [3.8, 4) is 11.4 Å². The van der Waals surface area contributed by atoms with Crippen LogP contribution in [0, 0.1) is 0 Å². The molecule has 0 radical (unpaired) electrons. The number of methoxy groups -OCH3 is 1. The van der Waals surface area contributed by atoms with Crippen molar-refractivity contribution in [2.24, 2.45) is 11.5 Å². The highest BCUT2D eigenvalue weighted by molar-refractivity contribution is 5.92. The van der Waals surface area contributed by atoms with Crippen LogP contribution in [0.2, 0.25) is 0 Å². The van der Waals surface area contributed by atoms with Crippen molar-refractivity contribution in [3.05, 3.63) is 65.5 Å². The van der Waals surface area contributed by atoms with Crippen LogP contribution in [0.3, 0.4) is 0 Å².